The Morgan fingerprint density at radius 3 is 2.50 bits per heavy atom. The molecular weight excluding hydrogens is 271 g/mol. The molecule has 1 aromatic rings. The summed E-state index contributed by atoms with van der Waals surface area (Å²) in [5, 5.41) is 8.99. The summed E-state index contributed by atoms with van der Waals surface area (Å²) in [5.74, 6) is -0.0192. The second-order valence-corrected chi connectivity index (χ2v) is 4.64. The molecule has 0 spiro atoms. The molecule has 0 bridgehead atoms. The van der Waals surface area contributed by atoms with E-state index in [0.717, 1.165) is 18.4 Å². The number of rotatable bonds is 2. The maximum atomic E-state index is 12.7. The molecule has 0 aliphatic carbocycles. The first-order chi connectivity index (χ1) is 9.45. The lowest BCUT2D eigenvalue weighted by molar-refractivity contribution is -0.141. The molecule has 0 aromatic carbocycles. The Bertz CT molecular complexity index is 543. The zero-order chi connectivity index (χ0) is 14.8. The van der Waals surface area contributed by atoms with Gasteiger partial charge in [-0.2, -0.15) is 18.4 Å². The third kappa shape index (κ3) is 2.90. The smallest absolute Gasteiger partial charge is 0.355 e. The summed E-state index contributed by atoms with van der Waals surface area (Å²) >= 11 is 0. The van der Waals surface area contributed by atoms with Crippen LogP contribution in [0.5, 0.6) is 0 Å². The van der Waals surface area contributed by atoms with Gasteiger partial charge < -0.3 is 9.69 Å². The van der Waals surface area contributed by atoms with Crippen molar-refractivity contribution in [3.8, 4) is 6.07 Å². The summed E-state index contributed by atoms with van der Waals surface area (Å²) < 4.78 is 38.0. The lowest BCUT2D eigenvalue weighted by atomic mass is 9.98. The fraction of sp³-hybridized carbons (Fsp3) is 0.462. The molecule has 4 nitrogen and oxygen atoms in total. The van der Waals surface area contributed by atoms with E-state index in [1.54, 1.807) is 4.90 Å². The number of carbonyl (C=O) groups excluding carboxylic acids is 1. The molecule has 106 valence electrons. The summed E-state index contributed by atoms with van der Waals surface area (Å²) in [6.07, 6.45) is -2.55. The fourth-order valence-corrected chi connectivity index (χ4v) is 2.18. The van der Waals surface area contributed by atoms with Crippen LogP contribution >= 0.6 is 0 Å². The summed E-state index contributed by atoms with van der Waals surface area (Å²) in [5.41, 5.74) is -0.897. The van der Waals surface area contributed by atoms with Crippen molar-refractivity contribution in [2.75, 3.05) is 18.0 Å². The molecule has 7 heteroatoms. The van der Waals surface area contributed by atoms with E-state index in [0.29, 0.717) is 25.9 Å². The van der Waals surface area contributed by atoms with Crippen LogP contribution in [-0.4, -0.2) is 24.4 Å². The number of nitrogens with zero attached hydrogens (tertiary/aromatic N) is 3. The predicted octanol–water partition coefficient (Wildman–Crippen LogP) is 2.39. The second-order valence-electron chi connectivity index (χ2n) is 4.64. The SMILES string of the molecule is N#Cc1ccc(C(F)(F)F)nc1N1CCC(C=O)CC1. The van der Waals surface area contributed by atoms with Crippen molar-refractivity contribution in [1.29, 1.82) is 5.26 Å². The van der Waals surface area contributed by atoms with Crippen molar-refractivity contribution < 1.29 is 18.0 Å². The predicted molar refractivity (Wildman–Crippen MR) is 65.0 cm³/mol. The largest absolute Gasteiger partial charge is 0.433 e. The average molecular weight is 283 g/mol. The Hall–Kier alpha value is -2.10. The van der Waals surface area contributed by atoms with E-state index in [-0.39, 0.29) is 17.3 Å². The third-order valence-corrected chi connectivity index (χ3v) is 3.32. The van der Waals surface area contributed by atoms with Crippen LogP contribution in [0.3, 0.4) is 0 Å². The number of pyridine rings is 1. The maximum absolute atomic E-state index is 12.7. The van der Waals surface area contributed by atoms with Gasteiger partial charge in [0, 0.05) is 19.0 Å². The number of alkyl halides is 3. The number of aldehydes is 1. The first-order valence-electron chi connectivity index (χ1n) is 6.14. The minimum Gasteiger partial charge on any atom is -0.355 e. The van der Waals surface area contributed by atoms with Crippen molar-refractivity contribution in [3.05, 3.63) is 23.4 Å². The van der Waals surface area contributed by atoms with Gasteiger partial charge in [0.1, 0.15) is 23.9 Å². The van der Waals surface area contributed by atoms with Crippen molar-refractivity contribution in [3.63, 3.8) is 0 Å². The third-order valence-electron chi connectivity index (χ3n) is 3.32. The highest BCUT2D eigenvalue weighted by atomic mass is 19.4. The Morgan fingerprint density at radius 2 is 2.00 bits per heavy atom. The van der Waals surface area contributed by atoms with Crippen LogP contribution < -0.4 is 4.90 Å². The first kappa shape index (κ1) is 14.3. The highest BCUT2D eigenvalue weighted by Gasteiger charge is 2.34. The van der Waals surface area contributed by atoms with Gasteiger partial charge in [-0.15, -0.1) is 0 Å². The number of piperidine rings is 1. The number of carbonyl (C=O) groups is 1. The number of halogens is 3. The molecule has 0 atom stereocenters. The van der Waals surface area contributed by atoms with E-state index in [1.807, 2.05) is 6.07 Å². The molecule has 2 rings (SSSR count). The molecule has 1 aliphatic heterocycles. The topological polar surface area (TPSA) is 57.0 Å². The van der Waals surface area contributed by atoms with Crippen LogP contribution in [0.1, 0.15) is 24.1 Å². The Morgan fingerprint density at radius 1 is 1.35 bits per heavy atom. The van der Waals surface area contributed by atoms with E-state index in [4.69, 9.17) is 5.26 Å². The van der Waals surface area contributed by atoms with Gasteiger partial charge in [0.25, 0.3) is 0 Å². The quantitative estimate of drug-likeness (QED) is 0.782. The Labute approximate surface area is 113 Å². The number of aromatic nitrogens is 1. The molecule has 1 aliphatic rings. The van der Waals surface area contributed by atoms with Gasteiger partial charge in [-0.3, -0.25) is 0 Å². The second kappa shape index (κ2) is 5.49. The zero-order valence-electron chi connectivity index (χ0n) is 10.5. The number of nitriles is 1. The summed E-state index contributed by atoms with van der Waals surface area (Å²) in [6.45, 7) is 0.846. The molecule has 0 amide bonds. The van der Waals surface area contributed by atoms with Gasteiger partial charge in [-0.05, 0) is 25.0 Å². The molecule has 0 saturated carbocycles. The van der Waals surface area contributed by atoms with Gasteiger partial charge in [0.05, 0.1) is 5.56 Å². The highest BCUT2D eigenvalue weighted by molar-refractivity contribution is 5.57. The summed E-state index contributed by atoms with van der Waals surface area (Å²) in [6, 6.07) is 3.80. The van der Waals surface area contributed by atoms with Crippen LogP contribution in [0.4, 0.5) is 19.0 Å². The molecule has 20 heavy (non-hydrogen) atoms. The van der Waals surface area contributed by atoms with E-state index < -0.39 is 11.9 Å². The molecule has 1 saturated heterocycles. The standard InChI is InChI=1S/C13H12F3N3O/c14-13(15,16)11-2-1-10(7-17)12(18-11)19-5-3-9(8-20)4-6-19/h1-2,8-9H,3-6H2. The molecule has 0 unspecified atom stereocenters. The zero-order valence-corrected chi connectivity index (χ0v) is 10.5. The van der Waals surface area contributed by atoms with E-state index in [1.165, 1.54) is 0 Å². The molecular formula is C13H12F3N3O. The summed E-state index contributed by atoms with van der Waals surface area (Å²) in [7, 11) is 0. The number of anilines is 1. The van der Waals surface area contributed by atoms with Crippen LogP contribution in [0.2, 0.25) is 0 Å². The van der Waals surface area contributed by atoms with Crippen LogP contribution in [0, 0.1) is 17.2 Å². The maximum Gasteiger partial charge on any atom is 0.433 e. The summed E-state index contributed by atoms with van der Waals surface area (Å²) in [4.78, 5) is 15.9. The van der Waals surface area contributed by atoms with Gasteiger partial charge in [-0.1, -0.05) is 0 Å². The van der Waals surface area contributed by atoms with Crippen molar-refractivity contribution >= 4 is 12.1 Å². The normalized spacial score (nSPS) is 16.8. The average Bonchev–Trinajstić information content (AvgIpc) is 2.45. The molecule has 0 radical (unpaired) electrons. The van der Waals surface area contributed by atoms with Crippen molar-refractivity contribution in [2.45, 2.75) is 19.0 Å². The van der Waals surface area contributed by atoms with E-state index in [2.05, 4.69) is 4.98 Å². The minimum atomic E-state index is -4.54. The van der Waals surface area contributed by atoms with Crippen LogP contribution in [0.25, 0.3) is 0 Å². The highest BCUT2D eigenvalue weighted by Crippen LogP contribution is 2.31. The van der Waals surface area contributed by atoms with Crippen LogP contribution in [0.15, 0.2) is 12.1 Å². The van der Waals surface area contributed by atoms with Crippen molar-refractivity contribution in [1.82, 2.24) is 4.98 Å². The Kier molecular flexibility index (Phi) is 3.93. The molecule has 0 N–H and O–H groups in total. The van der Waals surface area contributed by atoms with Gasteiger partial charge >= 0.3 is 6.18 Å². The van der Waals surface area contributed by atoms with Crippen molar-refractivity contribution in [2.24, 2.45) is 5.92 Å². The van der Waals surface area contributed by atoms with Gasteiger partial charge in [0.2, 0.25) is 0 Å². The minimum absolute atomic E-state index is 0.0478. The van der Waals surface area contributed by atoms with Crippen LogP contribution in [-0.2, 0) is 11.0 Å². The molecule has 2 heterocycles. The van der Waals surface area contributed by atoms with Gasteiger partial charge in [0.15, 0.2) is 0 Å². The number of hydrogen-bond donors (Lipinski definition) is 0. The lowest BCUT2D eigenvalue weighted by Gasteiger charge is -2.31. The van der Waals surface area contributed by atoms with Gasteiger partial charge in [-0.25, -0.2) is 4.98 Å². The first-order valence-corrected chi connectivity index (χ1v) is 6.14. The monoisotopic (exact) mass is 283 g/mol. The van der Waals surface area contributed by atoms with E-state index >= 15 is 0 Å². The molecule has 1 aromatic heterocycles. The lowest BCUT2D eigenvalue weighted by Crippen LogP contribution is -2.35. The van der Waals surface area contributed by atoms with E-state index in [9.17, 15) is 18.0 Å². The Balaban J connectivity index is 2.30. The number of hydrogen-bond acceptors (Lipinski definition) is 4. The fourth-order valence-electron chi connectivity index (χ4n) is 2.18. The molecule has 1 fully saturated rings.